The largest absolute Gasteiger partial charge is 0.462 e. The van der Waals surface area contributed by atoms with Gasteiger partial charge in [0.25, 0.3) is 0 Å². The van der Waals surface area contributed by atoms with Crippen LogP contribution in [0.25, 0.3) is 0 Å². The molecule has 8 nitrogen and oxygen atoms in total. The van der Waals surface area contributed by atoms with Gasteiger partial charge in [0.05, 0.1) is 17.1 Å². The number of carbonyl (C=O) groups is 2. The first-order valence-corrected chi connectivity index (χ1v) is 14.0. The predicted octanol–water partition coefficient (Wildman–Crippen LogP) is 2.89. The Bertz CT molecular complexity index is 903. The second kappa shape index (κ2) is 12.7. The molecule has 2 heterocycles. The topological polar surface area (TPSA) is 96.0 Å². The molecule has 0 saturated carbocycles. The molecule has 0 aromatic heterocycles. The van der Waals surface area contributed by atoms with E-state index in [0.717, 1.165) is 25.3 Å². The van der Waals surface area contributed by atoms with Crippen LogP contribution in [0, 0.1) is 11.8 Å². The van der Waals surface area contributed by atoms with E-state index in [0.29, 0.717) is 38.0 Å². The van der Waals surface area contributed by atoms with Crippen LogP contribution in [-0.4, -0.2) is 75.4 Å². The van der Waals surface area contributed by atoms with Crippen molar-refractivity contribution in [1.29, 1.82) is 0 Å². The number of unbranched alkanes of at least 4 members (excludes halogenated alkanes) is 1. The van der Waals surface area contributed by atoms with Gasteiger partial charge in [0, 0.05) is 25.6 Å². The van der Waals surface area contributed by atoms with E-state index in [-0.39, 0.29) is 23.3 Å². The van der Waals surface area contributed by atoms with Gasteiger partial charge in [0.15, 0.2) is 0 Å². The Balaban J connectivity index is 1.38. The predicted molar refractivity (Wildman–Crippen MR) is 131 cm³/mol. The smallest absolute Gasteiger partial charge is 0.338 e. The summed E-state index contributed by atoms with van der Waals surface area (Å²) < 4.78 is 32.3. The Hall–Kier alpha value is -1.97. The second-order valence-corrected chi connectivity index (χ2v) is 11.4. The minimum absolute atomic E-state index is 0.0302. The molecule has 2 fully saturated rings. The number of hydrogen-bond acceptors (Lipinski definition) is 6. The number of nitrogens with one attached hydrogen (secondary N) is 1. The van der Waals surface area contributed by atoms with E-state index in [1.165, 1.54) is 54.5 Å². The molecule has 3 rings (SSSR count). The summed E-state index contributed by atoms with van der Waals surface area (Å²) in [7, 11) is -3.66. The van der Waals surface area contributed by atoms with E-state index >= 15 is 0 Å². The van der Waals surface area contributed by atoms with Crippen LogP contribution in [-0.2, 0) is 19.6 Å². The number of sulfonamides is 1. The third-order valence-corrected chi connectivity index (χ3v) is 8.82. The average molecular weight is 494 g/mol. The number of hydrogen-bond donors (Lipinski definition) is 1. The summed E-state index contributed by atoms with van der Waals surface area (Å²) in [5.41, 5.74) is 0.321. The summed E-state index contributed by atoms with van der Waals surface area (Å²) in [6.07, 6.45) is 5.64. The fourth-order valence-corrected chi connectivity index (χ4v) is 6.06. The highest BCUT2D eigenvalue weighted by molar-refractivity contribution is 7.89. The molecular formula is C25H39N3O5S. The minimum Gasteiger partial charge on any atom is -0.462 e. The van der Waals surface area contributed by atoms with Crippen LogP contribution < -0.4 is 5.32 Å². The first-order valence-electron chi connectivity index (χ1n) is 12.6. The van der Waals surface area contributed by atoms with Crippen LogP contribution in [0.1, 0.15) is 62.7 Å². The molecule has 2 aliphatic rings. The van der Waals surface area contributed by atoms with Crippen molar-refractivity contribution in [2.45, 2.75) is 57.3 Å². The van der Waals surface area contributed by atoms with Crippen molar-refractivity contribution in [2.75, 3.05) is 45.9 Å². The molecule has 1 amide bonds. The number of likely N-dealkylation sites (tertiary alicyclic amines) is 1. The highest BCUT2D eigenvalue weighted by Crippen LogP contribution is 2.24. The molecule has 1 aromatic rings. The van der Waals surface area contributed by atoms with E-state index < -0.39 is 16.0 Å². The van der Waals surface area contributed by atoms with Crippen LogP contribution in [0.4, 0.5) is 0 Å². The van der Waals surface area contributed by atoms with E-state index in [4.69, 9.17) is 4.74 Å². The maximum absolute atomic E-state index is 13.0. The SMILES string of the molecule is CCOC(=O)c1ccc(S(=O)(=O)N2CCC(C(=O)NCCCCN3CCC(C)CC3)CC2)cc1. The summed E-state index contributed by atoms with van der Waals surface area (Å²) in [5, 5.41) is 3.04. The standard InChI is InChI=1S/C25H39N3O5S/c1-3-33-25(30)22-6-8-23(9-7-22)34(31,32)28-18-12-21(13-19-28)24(29)26-14-4-5-15-27-16-10-20(2)11-17-27/h6-9,20-21H,3-5,10-19H2,1-2H3,(H,26,29). The second-order valence-electron chi connectivity index (χ2n) is 9.45. The summed E-state index contributed by atoms with van der Waals surface area (Å²) in [6.45, 7) is 9.07. The number of nitrogens with zero attached hydrogens (tertiary/aromatic N) is 2. The van der Waals surface area contributed by atoms with Crippen molar-refractivity contribution in [3.05, 3.63) is 29.8 Å². The number of rotatable bonds is 10. The van der Waals surface area contributed by atoms with Crippen molar-refractivity contribution in [3.8, 4) is 0 Å². The molecule has 2 aliphatic heterocycles. The fourth-order valence-electron chi connectivity index (χ4n) is 4.59. The number of carbonyl (C=O) groups excluding carboxylic acids is 2. The quantitative estimate of drug-likeness (QED) is 0.398. The van der Waals surface area contributed by atoms with Gasteiger partial charge in [-0.2, -0.15) is 4.31 Å². The third-order valence-electron chi connectivity index (χ3n) is 6.90. The molecule has 0 radical (unpaired) electrons. The zero-order valence-electron chi connectivity index (χ0n) is 20.5. The molecule has 34 heavy (non-hydrogen) atoms. The summed E-state index contributed by atoms with van der Waals surface area (Å²) >= 11 is 0. The number of esters is 1. The van der Waals surface area contributed by atoms with Crippen LogP contribution in [0.3, 0.4) is 0 Å². The van der Waals surface area contributed by atoms with Crippen LogP contribution >= 0.6 is 0 Å². The van der Waals surface area contributed by atoms with Crippen molar-refractivity contribution in [3.63, 3.8) is 0 Å². The lowest BCUT2D eigenvalue weighted by Crippen LogP contribution is -2.43. The molecule has 0 spiro atoms. The first-order chi connectivity index (χ1) is 16.3. The van der Waals surface area contributed by atoms with E-state index in [1.807, 2.05) is 0 Å². The Morgan fingerprint density at radius 2 is 1.65 bits per heavy atom. The summed E-state index contributed by atoms with van der Waals surface area (Å²) in [6, 6.07) is 5.81. The molecule has 1 N–H and O–H groups in total. The lowest BCUT2D eigenvalue weighted by Gasteiger charge is -2.31. The van der Waals surface area contributed by atoms with Gasteiger partial charge < -0.3 is 15.0 Å². The maximum atomic E-state index is 13.0. The van der Waals surface area contributed by atoms with Gasteiger partial charge in [-0.25, -0.2) is 13.2 Å². The van der Waals surface area contributed by atoms with Gasteiger partial charge in [-0.05, 0) is 95.3 Å². The number of piperidine rings is 2. The maximum Gasteiger partial charge on any atom is 0.338 e. The number of benzene rings is 1. The molecule has 0 bridgehead atoms. The Morgan fingerprint density at radius 1 is 1.00 bits per heavy atom. The lowest BCUT2D eigenvalue weighted by molar-refractivity contribution is -0.126. The Morgan fingerprint density at radius 3 is 2.26 bits per heavy atom. The zero-order valence-corrected chi connectivity index (χ0v) is 21.3. The molecule has 9 heteroatoms. The number of amides is 1. The van der Waals surface area contributed by atoms with Gasteiger partial charge in [-0.3, -0.25) is 4.79 Å². The van der Waals surface area contributed by atoms with Gasteiger partial charge in [-0.15, -0.1) is 0 Å². The zero-order chi connectivity index (χ0) is 24.6. The van der Waals surface area contributed by atoms with E-state index in [2.05, 4.69) is 17.1 Å². The molecule has 0 unspecified atom stereocenters. The highest BCUT2D eigenvalue weighted by Gasteiger charge is 2.32. The van der Waals surface area contributed by atoms with Gasteiger partial charge in [0.1, 0.15) is 0 Å². The minimum atomic E-state index is -3.66. The first kappa shape index (κ1) is 26.6. The normalized spacial score (nSPS) is 19.1. The molecule has 1 aromatic carbocycles. The van der Waals surface area contributed by atoms with Crippen molar-refractivity contribution in [2.24, 2.45) is 11.8 Å². The van der Waals surface area contributed by atoms with Gasteiger partial charge in [0.2, 0.25) is 15.9 Å². The molecular weight excluding hydrogens is 454 g/mol. The van der Waals surface area contributed by atoms with Crippen LogP contribution in [0.2, 0.25) is 0 Å². The summed E-state index contributed by atoms with van der Waals surface area (Å²) in [4.78, 5) is 27.0. The Kier molecular flexibility index (Phi) is 9.91. The monoisotopic (exact) mass is 493 g/mol. The number of ether oxygens (including phenoxy) is 1. The third kappa shape index (κ3) is 7.26. The average Bonchev–Trinajstić information content (AvgIpc) is 2.85. The highest BCUT2D eigenvalue weighted by atomic mass is 32.2. The Labute approximate surface area is 204 Å². The van der Waals surface area contributed by atoms with Crippen LogP contribution in [0.5, 0.6) is 0 Å². The van der Waals surface area contributed by atoms with Crippen molar-refractivity contribution >= 4 is 21.9 Å². The van der Waals surface area contributed by atoms with Gasteiger partial charge >= 0.3 is 5.97 Å². The van der Waals surface area contributed by atoms with E-state index in [1.54, 1.807) is 6.92 Å². The van der Waals surface area contributed by atoms with Crippen molar-refractivity contribution in [1.82, 2.24) is 14.5 Å². The lowest BCUT2D eigenvalue weighted by atomic mass is 9.97. The van der Waals surface area contributed by atoms with Gasteiger partial charge in [-0.1, -0.05) is 6.92 Å². The van der Waals surface area contributed by atoms with Crippen LogP contribution in [0.15, 0.2) is 29.2 Å². The molecule has 0 aliphatic carbocycles. The van der Waals surface area contributed by atoms with Crippen molar-refractivity contribution < 1.29 is 22.7 Å². The van der Waals surface area contributed by atoms with E-state index in [9.17, 15) is 18.0 Å². The molecule has 190 valence electrons. The fraction of sp³-hybridized carbons (Fsp3) is 0.680. The molecule has 2 saturated heterocycles. The molecule has 0 atom stereocenters. The summed E-state index contributed by atoms with van der Waals surface area (Å²) in [5.74, 6) is 0.247.